The van der Waals surface area contributed by atoms with Crippen LogP contribution in [0.3, 0.4) is 0 Å². The molecule has 0 radical (unpaired) electrons. The van der Waals surface area contributed by atoms with E-state index >= 15 is 0 Å². The van der Waals surface area contributed by atoms with Gasteiger partial charge in [0, 0.05) is 18.0 Å². The van der Waals surface area contributed by atoms with Crippen molar-refractivity contribution in [3.8, 4) is 0 Å². The lowest BCUT2D eigenvalue weighted by molar-refractivity contribution is 0.833. The zero-order chi connectivity index (χ0) is 8.10. The standard InChI is InChI=1S/C8H10N2S/c1-2-3-8-9-5-4-7(6-11)10-8/h4-6H,2-3H2,1H3. The first-order valence-electron chi connectivity index (χ1n) is 3.64. The summed E-state index contributed by atoms with van der Waals surface area (Å²) in [5.74, 6) is 0.881. The summed E-state index contributed by atoms with van der Waals surface area (Å²) >= 11 is 4.75. The lowest BCUT2D eigenvalue weighted by Gasteiger charge is -1.96. The van der Waals surface area contributed by atoms with Gasteiger partial charge in [0.15, 0.2) is 0 Å². The molecule has 0 bridgehead atoms. The van der Waals surface area contributed by atoms with Crippen molar-refractivity contribution in [1.82, 2.24) is 9.97 Å². The van der Waals surface area contributed by atoms with Crippen molar-refractivity contribution < 1.29 is 0 Å². The molecule has 1 aromatic rings. The van der Waals surface area contributed by atoms with Crippen molar-refractivity contribution in [1.29, 1.82) is 0 Å². The van der Waals surface area contributed by atoms with Crippen LogP contribution in [0.15, 0.2) is 12.3 Å². The van der Waals surface area contributed by atoms with Gasteiger partial charge in [-0.3, -0.25) is 0 Å². The number of aryl methyl sites for hydroxylation is 1. The lowest BCUT2D eigenvalue weighted by atomic mass is 10.3. The second kappa shape index (κ2) is 4.13. The topological polar surface area (TPSA) is 25.8 Å². The summed E-state index contributed by atoms with van der Waals surface area (Å²) in [7, 11) is 0. The maximum Gasteiger partial charge on any atom is 0.128 e. The highest BCUT2D eigenvalue weighted by Gasteiger charge is 1.94. The van der Waals surface area contributed by atoms with Gasteiger partial charge in [0.2, 0.25) is 0 Å². The first kappa shape index (κ1) is 8.27. The summed E-state index contributed by atoms with van der Waals surface area (Å²) in [6.07, 6.45) is 3.74. The molecule has 0 fully saturated rings. The SMILES string of the molecule is CCCc1nccc(C=S)n1. The molecule has 0 saturated heterocycles. The van der Waals surface area contributed by atoms with E-state index < -0.39 is 0 Å². The summed E-state index contributed by atoms with van der Waals surface area (Å²) in [5.41, 5.74) is 0.832. The van der Waals surface area contributed by atoms with Crippen LogP contribution < -0.4 is 0 Å². The molecular formula is C8H10N2S. The molecule has 0 atom stereocenters. The zero-order valence-corrected chi connectivity index (χ0v) is 7.27. The van der Waals surface area contributed by atoms with Crippen LogP contribution in [0.1, 0.15) is 24.9 Å². The molecule has 1 aromatic heterocycles. The molecule has 0 spiro atoms. The monoisotopic (exact) mass is 166 g/mol. The molecule has 0 aliphatic heterocycles. The fourth-order valence-electron chi connectivity index (χ4n) is 0.825. The summed E-state index contributed by atoms with van der Waals surface area (Å²) in [5, 5.41) is 1.57. The minimum Gasteiger partial charge on any atom is -0.241 e. The van der Waals surface area contributed by atoms with E-state index in [-0.39, 0.29) is 0 Å². The maximum atomic E-state index is 4.75. The third kappa shape index (κ3) is 2.35. The number of aromatic nitrogens is 2. The molecule has 0 aromatic carbocycles. The summed E-state index contributed by atoms with van der Waals surface area (Å²) in [4.78, 5) is 8.31. The highest BCUT2D eigenvalue weighted by molar-refractivity contribution is 7.79. The van der Waals surface area contributed by atoms with Gasteiger partial charge in [0.05, 0.1) is 5.69 Å². The highest BCUT2D eigenvalue weighted by atomic mass is 32.1. The fraction of sp³-hybridized carbons (Fsp3) is 0.375. The zero-order valence-electron chi connectivity index (χ0n) is 6.45. The van der Waals surface area contributed by atoms with Crippen LogP contribution in [0.2, 0.25) is 0 Å². The van der Waals surface area contributed by atoms with Gasteiger partial charge in [-0.1, -0.05) is 19.1 Å². The van der Waals surface area contributed by atoms with Gasteiger partial charge in [-0.15, -0.1) is 0 Å². The van der Waals surface area contributed by atoms with Crippen LogP contribution in [0.25, 0.3) is 0 Å². The van der Waals surface area contributed by atoms with Crippen molar-refractivity contribution in [2.24, 2.45) is 0 Å². The molecule has 2 nitrogen and oxygen atoms in total. The first-order chi connectivity index (χ1) is 5.36. The maximum absolute atomic E-state index is 4.75. The number of rotatable bonds is 3. The van der Waals surface area contributed by atoms with E-state index in [0.29, 0.717) is 0 Å². The first-order valence-corrected chi connectivity index (χ1v) is 4.11. The average molecular weight is 166 g/mol. The number of nitrogens with zero attached hydrogens (tertiary/aromatic N) is 2. The largest absolute Gasteiger partial charge is 0.241 e. The second-order valence-electron chi connectivity index (χ2n) is 2.27. The smallest absolute Gasteiger partial charge is 0.128 e. The minimum atomic E-state index is 0.832. The van der Waals surface area contributed by atoms with Crippen molar-refractivity contribution >= 4 is 17.6 Å². The van der Waals surface area contributed by atoms with E-state index in [2.05, 4.69) is 16.9 Å². The molecule has 0 aliphatic rings. The summed E-state index contributed by atoms with van der Waals surface area (Å²) < 4.78 is 0. The Bertz CT molecular complexity index is 248. The quantitative estimate of drug-likeness (QED) is 0.640. The molecular weight excluding hydrogens is 156 g/mol. The fourth-order valence-corrected chi connectivity index (χ4v) is 0.956. The Morgan fingerprint density at radius 3 is 3.09 bits per heavy atom. The number of hydrogen-bond acceptors (Lipinski definition) is 3. The molecule has 1 rings (SSSR count). The Hall–Kier alpha value is -0.830. The van der Waals surface area contributed by atoms with Crippen molar-refractivity contribution in [2.75, 3.05) is 0 Å². The van der Waals surface area contributed by atoms with Gasteiger partial charge in [0.25, 0.3) is 0 Å². The summed E-state index contributed by atoms with van der Waals surface area (Å²) in [6.45, 7) is 2.10. The molecule has 0 saturated carbocycles. The Labute approximate surface area is 71.7 Å². The van der Waals surface area contributed by atoms with Gasteiger partial charge in [-0.2, -0.15) is 0 Å². The van der Waals surface area contributed by atoms with Gasteiger partial charge in [-0.25, -0.2) is 9.97 Å². The molecule has 3 heteroatoms. The average Bonchev–Trinajstić information content (AvgIpc) is 2.06. The summed E-state index contributed by atoms with van der Waals surface area (Å²) in [6, 6.07) is 1.81. The predicted octanol–water partition coefficient (Wildman–Crippen LogP) is 1.78. The molecule has 58 valence electrons. The van der Waals surface area contributed by atoms with Crippen molar-refractivity contribution in [3.63, 3.8) is 0 Å². The van der Waals surface area contributed by atoms with Crippen LogP contribution >= 0.6 is 12.2 Å². The number of thiocarbonyl (C=S) groups is 1. The third-order valence-corrected chi connectivity index (χ3v) is 1.56. The molecule has 0 amide bonds. The highest BCUT2D eigenvalue weighted by Crippen LogP contribution is 1.96. The van der Waals surface area contributed by atoms with E-state index in [4.69, 9.17) is 12.2 Å². The van der Waals surface area contributed by atoms with Crippen molar-refractivity contribution in [3.05, 3.63) is 23.8 Å². The van der Waals surface area contributed by atoms with E-state index in [1.54, 1.807) is 11.6 Å². The molecule has 0 aliphatic carbocycles. The second-order valence-corrected chi connectivity index (χ2v) is 2.50. The number of hydrogen-bond donors (Lipinski definition) is 0. The van der Waals surface area contributed by atoms with Crippen LogP contribution in [-0.2, 0) is 6.42 Å². The molecule has 11 heavy (non-hydrogen) atoms. The van der Waals surface area contributed by atoms with Crippen LogP contribution in [-0.4, -0.2) is 15.3 Å². The van der Waals surface area contributed by atoms with Crippen LogP contribution in [0.5, 0.6) is 0 Å². The normalized spacial score (nSPS) is 9.55. The Morgan fingerprint density at radius 2 is 2.45 bits per heavy atom. The van der Waals surface area contributed by atoms with Crippen LogP contribution in [0, 0.1) is 0 Å². The molecule has 0 unspecified atom stereocenters. The van der Waals surface area contributed by atoms with E-state index in [1.165, 1.54) is 0 Å². The van der Waals surface area contributed by atoms with E-state index in [1.807, 2.05) is 6.07 Å². The third-order valence-electron chi connectivity index (χ3n) is 1.32. The lowest BCUT2D eigenvalue weighted by Crippen LogP contribution is -1.96. The van der Waals surface area contributed by atoms with Crippen molar-refractivity contribution in [2.45, 2.75) is 19.8 Å². The Kier molecular flexibility index (Phi) is 3.11. The van der Waals surface area contributed by atoms with Gasteiger partial charge >= 0.3 is 0 Å². The minimum absolute atomic E-state index is 0.832. The van der Waals surface area contributed by atoms with Gasteiger partial charge in [0.1, 0.15) is 5.82 Å². The van der Waals surface area contributed by atoms with Crippen LogP contribution in [0.4, 0.5) is 0 Å². The van der Waals surface area contributed by atoms with E-state index in [9.17, 15) is 0 Å². The van der Waals surface area contributed by atoms with Gasteiger partial charge in [-0.05, 0) is 12.5 Å². The Morgan fingerprint density at radius 1 is 1.64 bits per heavy atom. The Balaban J connectivity index is 2.82. The molecule has 0 N–H and O–H groups in total. The molecule has 1 heterocycles. The predicted molar refractivity (Wildman–Crippen MR) is 48.8 cm³/mol. The van der Waals surface area contributed by atoms with Gasteiger partial charge < -0.3 is 0 Å². The van der Waals surface area contributed by atoms with E-state index in [0.717, 1.165) is 24.4 Å².